The molecule has 2 unspecified atom stereocenters. The third-order valence-corrected chi connectivity index (χ3v) is 3.15. The SMILES string of the molecule is CCC(CC1COC(N)=N1)Oc1ccc(Cl)cc1F. The average Bonchev–Trinajstić information content (AvgIpc) is 2.77. The predicted molar refractivity (Wildman–Crippen MR) is 72.1 cm³/mol. The second-order valence-electron chi connectivity index (χ2n) is 4.39. The first-order chi connectivity index (χ1) is 9.08. The molecule has 4 nitrogen and oxygen atoms in total. The van der Waals surface area contributed by atoms with Crippen molar-refractivity contribution in [3.05, 3.63) is 29.0 Å². The molecule has 0 radical (unpaired) electrons. The second kappa shape index (κ2) is 6.10. The molecule has 0 saturated heterocycles. The van der Waals surface area contributed by atoms with Crippen LogP contribution in [-0.4, -0.2) is 24.8 Å². The number of hydrogen-bond donors (Lipinski definition) is 1. The molecule has 2 atom stereocenters. The van der Waals surface area contributed by atoms with Crippen molar-refractivity contribution < 1.29 is 13.9 Å². The molecule has 2 N–H and O–H groups in total. The molecule has 19 heavy (non-hydrogen) atoms. The number of amidine groups is 1. The zero-order valence-electron chi connectivity index (χ0n) is 10.6. The maximum atomic E-state index is 13.6. The van der Waals surface area contributed by atoms with E-state index in [2.05, 4.69) is 4.99 Å². The van der Waals surface area contributed by atoms with Crippen LogP contribution in [0, 0.1) is 5.82 Å². The van der Waals surface area contributed by atoms with Crippen molar-refractivity contribution >= 4 is 17.6 Å². The fourth-order valence-electron chi connectivity index (χ4n) is 1.91. The first-order valence-electron chi connectivity index (χ1n) is 6.16. The average molecular weight is 287 g/mol. The van der Waals surface area contributed by atoms with Crippen LogP contribution in [0.4, 0.5) is 4.39 Å². The Morgan fingerprint density at radius 1 is 1.63 bits per heavy atom. The molecule has 0 bridgehead atoms. The van der Waals surface area contributed by atoms with Crippen molar-refractivity contribution in [2.75, 3.05) is 6.61 Å². The molecule has 0 fully saturated rings. The standard InChI is InChI=1S/C13H16ClFN2O2/c1-2-10(6-9-7-18-13(16)17-9)19-12-4-3-8(14)5-11(12)15/h3-5,9-10H,2,6-7H2,1H3,(H2,16,17). The monoisotopic (exact) mass is 286 g/mol. The van der Waals surface area contributed by atoms with Gasteiger partial charge in [-0.25, -0.2) is 9.38 Å². The maximum Gasteiger partial charge on any atom is 0.282 e. The highest BCUT2D eigenvalue weighted by Gasteiger charge is 2.22. The third kappa shape index (κ3) is 3.73. The highest BCUT2D eigenvalue weighted by molar-refractivity contribution is 6.30. The van der Waals surface area contributed by atoms with Crippen molar-refractivity contribution in [3.8, 4) is 5.75 Å². The zero-order valence-corrected chi connectivity index (χ0v) is 11.4. The molecule has 1 aliphatic heterocycles. The van der Waals surface area contributed by atoms with Crippen LogP contribution in [-0.2, 0) is 4.74 Å². The fourth-order valence-corrected chi connectivity index (χ4v) is 2.07. The summed E-state index contributed by atoms with van der Waals surface area (Å²) in [6.07, 6.45) is 1.24. The second-order valence-corrected chi connectivity index (χ2v) is 4.83. The summed E-state index contributed by atoms with van der Waals surface area (Å²) in [5.74, 6) is -0.260. The van der Waals surface area contributed by atoms with E-state index >= 15 is 0 Å². The molecule has 104 valence electrons. The van der Waals surface area contributed by atoms with Gasteiger partial charge in [0, 0.05) is 11.4 Å². The van der Waals surface area contributed by atoms with Gasteiger partial charge >= 0.3 is 0 Å². The van der Waals surface area contributed by atoms with E-state index in [4.69, 9.17) is 26.8 Å². The van der Waals surface area contributed by atoms with Crippen LogP contribution in [0.3, 0.4) is 0 Å². The number of ether oxygens (including phenoxy) is 2. The summed E-state index contributed by atoms with van der Waals surface area (Å²) in [4.78, 5) is 4.13. The molecule has 1 aliphatic rings. The molecule has 2 rings (SSSR count). The van der Waals surface area contributed by atoms with Crippen LogP contribution in [0.2, 0.25) is 5.02 Å². The molecule has 0 aliphatic carbocycles. The molecule has 1 aromatic carbocycles. The van der Waals surface area contributed by atoms with Crippen molar-refractivity contribution in [1.29, 1.82) is 0 Å². The van der Waals surface area contributed by atoms with E-state index in [9.17, 15) is 4.39 Å². The van der Waals surface area contributed by atoms with Gasteiger partial charge in [-0.15, -0.1) is 0 Å². The third-order valence-electron chi connectivity index (χ3n) is 2.91. The number of benzene rings is 1. The minimum Gasteiger partial charge on any atom is -0.487 e. The number of nitrogens with zero attached hydrogens (tertiary/aromatic N) is 1. The van der Waals surface area contributed by atoms with E-state index in [1.165, 1.54) is 12.1 Å². The van der Waals surface area contributed by atoms with Gasteiger partial charge < -0.3 is 15.2 Å². The van der Waals surface area contributed by atoms with Crippen molar-refractivity contribution in [1.82, 2.24) is 0 Å². The molecule has 6 heteroatoms. The number of rotatable bonds is 5. The van der Waals surface area contributed by atoms with Crippen molar-refractivity contribution in [3.63, 3.8) is 0 Å². The lowest BCUT2D eigenvalue weighted by molar-refractivity contribution is 0.162. The van der Waals surface area contributed by atoms with E-state index < -0.39 is 5.82 Å². The Labute approximate surface area is 116 Å². The first-order valence-corrected chi connectivity index (χ1v) is 6.54. The maximum absolute atomic E-state index is 13.6. The topological polar surface area (TPSA) is 56.8 Å². The van der Waals surface area contributed by atoms with E-state index in [0.717, 1.165) is 6.42 Å². The highest BCUT2D eigenvalue weighted by Crippen LogP contribution is 2.24. The van der Waals surface area contributed by atoms with Crippen molar-refractivity contribution in [2.45, 2.75) is 31.9 Å². The summed E-state index contributed by atoms with van der Waals surface area (Å²) in [6.45, 7) is 2.43. The predicted octanol–water partition coefficient (Wildman–Crippen LogP) is 2.74. The van der Waals surface area contributed by atoms with Gasteiger partial charge in [0.15, 0.2) is 11.6 Å². The molecular formula is C13H16ClFN2O2. The smallest absolute Gasteiger partial charge is 0.282 e. The molecule has 1 heterocycles. The molecule has 0 aromatic heterocycles. The van der Waals surface area contributed by atoms with Crippen LogP contribution in [0.5, 0.6) is 5.75 Å². The van der Waals surface area contributed by atoms with Gasteiger partial charge in [-0.05, 0) is 24.6 Å². The van der Waals surface area contributed by atoms with Gasteiger partial charge in [-0.3, -0.25) is 0 Å². The lowest BCUT2D eigenvalue weighted by atomic mass is 10.1. The zero-order chi connectivity index (χ0) is 13.8. The minimum atomic E-state index is -0.461. The van der Waals surface area contributed by atoms with E-state index in [1.807, 2.05) is 6.92 Å². The number of hydrogen-bond acceptors (Lipinski definition) is 4. The molecule has 0 amide bonds. The lowest BCUT2D eigenvalue weighted by Gasteiger charge is -2.19. The Morgan fingerprint density at radius 2 is 2.42 bits per heavy atom. The van der Waals surface area contributed by atoms with Gasteiger partial charge in [0.25, 0.3) is 6.02 Å². The summed E-state index contributed by atoms with van der Waals surface area (Å²) in [5.41, 5.74) is 5.45. The van der Waals surface area contributed by atoms with E-state index in [1.54, 1.807) is 6.07 Å². The van der Waals surface area contributed by atoms with Crippen LogP contribution in [0.15, 0.2) is 23.2 Å². The van der Waals surface area contributed by atoms with Gasteiger partial charge in [-0.1, -0.05) is 18.5 Å². The van der Waals surface area contributed by atoms with Crippen molar-refractivity contribution in [2.24, 2.45) is 10.7 Å². The van der Waals surface area contributed by atoms with Gasteiger partial charge in [0.1, 0.15) is 12.7 Å². The largest absolute Gasteiger partial charge is 0.487 e. The lowest BCUT2D eigenvalue weighted by Crippen LogP contribution is -2.23. The molecular weight excluding hydrogens is 271 g/mol. The molecule has 0 saturated carbocycles. The fraction of sp³-hybridized carbons (Fsp3) is 0.462. The van der Waals surface area contributed by atoms with Gasteiger partial charge in [0.05, 0.1) is 6.04 Å². The number of nitrogens with two attached hydrogens (primary N) is 1. The van der Waals surface area contributed by atoms with Crippen LogP contribution in [0.1, 0.15) is 19.8 Å². The normalized spacial score (nSPS) is 19.7. The quantitative estimate of drug-likeness (QED) is 0.905. The summed E-state index contributed by atoms with van der Waals surface area (Å²) in [5, 5.41) is 0.347. The first kappa shape index (κ1) is 13.9. The Hall–Kier alpha value is -1.49. The number of halogens is 2. The Bertz CT molecular complexity index is 482. The molecule has 0 spiro atoms. The highest BCUT2D eigenvalue weighted by atomic mass is 35.5. The van der Waals surface area contributed by atoms with Gasteiger partial charge in [0.2, 0.25) is 0 Å². The Morgan fingerprint density at radius 3 is 3.00 bits per heavy atom. The summed E-state index contributed by atoms with van der Waals surface area (Å²) in [7, 11) is 0. The van der Waals surface area contributed by atoms with E-state index in [-0.39, 0.29) is 23.9 Å². The van der Waals surface area contributed by atoms with Crippen LogP contribution in [0.25, 0.3) is 0 Å². The number of aliphatic imine (C=N–C) groups is 1. The molecule has 1 aromatic rings. The summed E-state index contributed by atoms with van der Waals surface area (Å²) in [6, 6.07) is 4.54. The minimum absolute atomic E-state index is 0.0275. The summed E-state index contributed by atoms with van der Waals surface area (Å²) >= 11 is 5.70. The van der Waals surface area contributed by atoms with E-state index in [0.29, 0.717) is 18.1 Å². The Kier molecular flexibility index (Phi) is 4.47. The van der Waals surface area contributed by atoms with Crippen LogP contribution < -0.4 is 10.5 Å². The van der Waals surface area contributed by atoms with Gasteiger partial charge in [-0.2, -0.15) is 0 Å². The Balaban J connectivity index is 1.98. The summed E-state index contributed by atoms with van der Waals surface area (Å²) < 4.78 is 24.4. The van der Waals surface area contributed by atoms with Crippen LogP contribution >= 0.6 is 11.6 Å².